The first-order valence-corrected chi connectivity index (χ1v) is 6.11. The van der Waals surface area contributed by atoms with Gasteiger partial charge in [0.15, 0.2) is 0 Å². The zero-order valence-corrected chi connectivity index (χ0v) is 10.6. The van der Waals surface area contributed by atoms with E-state index in [-0.39, 0.29) is 0 Å². The first-order valence-electron chi connectivity index (χ1n) is 4.54. The van der Waals surface area contributed by atoms with Crippen LogP contribution < -0.4 is 0 Å². The lowest BCUT2D eigenvalue weighted by Crippen LogP contribution is -2.03. The molecule has 0 amide bonds. The molecule has 0 unspecified atom stereocenters. The average Bonchev–Trinajstić information content (AvgIpc) is 2.62. The van der Waals surface area contributed by atoms with Crippen LogP contribution >= 0.6 is 34.5 Å². The lowest BCUT2D eigenvalue weighted by Gasteiger charge is -1.94. The van der Waals surface area contributed by atoms with Gasteiger partial charge in [-0.15, -0.1) is 11.3 Å². The number of esters is 1. The van der Waals surface area contributed by atoms with Crippen molar-refractivity contribution in [2.75, 3.05) is 6.61 Å². The second-order valence-corrected chi connectivity index (χ2v) is 4.82. The fraction of sp³-hybridized carbons (Fsp3) is 0.200. The zero-order valence-electron chi connectivity index (χ0n) is 8.29. The van der Waals surface area contributed by atoms with Gasteiger partial charge in [-0.25, -0.2) is 9.78 Å². The van der Waals surface area contributed by atoms with Crippen molar-refractivity contribution in [3.63, 3.8) is 0 Å². The fourth-order valence-electron chi connectivity index (χ4n) is 1.24. The topological polar surface area (TPSA) is 39.2 Å². The summed E-state index contributed by atoms with van der Waals surface area (Å²) in [5, 5.41) is 1.29. The predicted octanol–water partition coefficient (Wildman–Crippen LogP) is 3.78. The molecule has 0 aliphatic carbocycles. The van der Waals surface area contributed by atoms with Gasteiger partial charge < -0.3 is 4.74 Å². The summed E-state index contributed by atoms with van der Waals surface area (Å²) in [4.78, 5) is 15.6. The van der Waals surface area contributed by atoms with Gasteiger partial charge in [0, 0.05) is 5.02 Å². The molecule has 0 saturated carbocycles. The SMILES string of the molecule is CCOC(=O)c1nc2cc(Cl)cc(Cl)c2s1. The summed E-state index contributed by atoms with van der Waals surface area (Å²) in [7, 11) is 0. The summed E-state index contributed by atoms with van der Waals surface area (Å²) in [6.45, 7) is 2.07. The van der Waals surface area contributed by atoms with Gasteiger partial charge in [-0.2, -0.15) is 0 Å². The maximum Gasteiger partial charge on any atom is 0.367 e. The summed E-state index contributed by atoms with van der Waals surface area (Å²) in [5.74, 6) is -0.434. The van der Waals surface area contributed by atoms with Crippen molar-refractivity contribution in [2.45, 2.75) is 6.92 Å². The standard InChI is InChI=1S/C10H7Cl2NO2S/c1-2-15-10(14)9-13-7-4-5(11)3-6(12)8(7)16-9/h3-4H,2H2,1H3. The van der Waals surface area contributed by atoms with Gasteiger partial charge in [-0.05, 0) is 19.1 Å². The van der Waals surface area contributed by atoms with E-state index in [1.807, 2.05) is 0 Å². The van der Waals surface area contributed by atoms with Gasteiger partial charge in [0.2, 0.25) is 5.01 Å². The number of hydrogen-bond donors (Lipinski definition) is 0. The van der Waals surface area contributed by atoms with E-state index in [1.54, 1.807) is 19.1 Å². The molecule has 16 heavy (non-hydrogen) atoms. The highest BCUT2D eigenvalue weighted by molar-refractivity contribution is 7.20. The number of nitrogens with zero attached hydrogens (tertiary/aromatic N) is 1. The van der Waals surface area contributed by atoms with E-state index in [0.29, 0.717) is 27.2 Å². The summed E-state index contributed by atoms with van der Waals surface area (Å²) in [5.41, 5.74) is 0.616. The van der Waals surface area contributed by atoms with Crippen LogP contribution in [0.3, 0.4) is 0 Å². The Hall–Kier alpha value is -0.840. The molecule has 0 N–H and O–H groups in total. The summed E-state index contributed by atoms with van der Waals surface area (Å²) < 4.78 is 5.61. The number of aromatic nitrogens is 1. The quantitative estimate of drug-likeness (QED) is 0.783. The highest BCUT2D eigenvalue weighted by Gasteiger charge is 2.15. The largest absolute Gasteiger partial charge is 0.461 e. The number of fused-ring (bicyclic) bond motifs is 1. The Balaban J connectivity index is 2.51. The van der Waals surface area contributed by atoms with Crippen LogP contribution in [0.15, 0.2) is 12.1 Å². The van der Waals surface area contributed by atoms with E-state index >= 15 is 0 Å². The second kappa shape index (κ2) is 4.57. The van der Waals surface area contributed by atoms with Crippen molar-refractivity contribution in [3.05, 3.63) is 27.2 Å². The van der Waals surface area contributed by atoms with Gasteiger partial charge in [-0.1, -0.05) is 23.2 Å². The van der Waals surface area contributed by atoms with Crippen LogP contribution in [0.5, 0.6) is 0 Å². The van der Waals surface area contributed by atoms with Crippen molar-refractivity contribution < 1.29 is 9.53 Å². The second-order valence-electron chi connectivity index (χ2n) is 2.98. The van der Waals surface area contributed by atoms with Crippen LogP contribution in [-0.2, 0) is 4.74 Å². The Kier molecular flexibility index (Phi) is 3.33. The molecule has 2 aromatic rings. The van der Waals surface area contributed by atoms with Crippen LogP contribution in [0.2, 0.25) is 10.0 Å². The minimum atomic E-state index is -0.434. The van der Waals surface area contributed by atoms with E-state index in [4.69, 9.17) is 27.9 Å². The molecule has 0 radical (unpaired) electrons. The predicted molar refractivity (Wildman–Crippen MR) is 65.6 cm³/mol. The van der Waals surface area contributed by atoms with Crippen molar-refractivity contribution in [1.29, 1.82) is 0 Å². The molecule has 0 aliphatic heterocycles. The summed E-state index contributed by atoms with van der Waals surface area (Å²) >= 11 is 13.0. The van der Waals surface area contributed by atoms with Gasteiger partial charge >= 0.3 is 5.97 Å². The molecule has 0 atom stereocenters. The maximum absolute atomic E-state index is 11.5. The normalized spacial score (nSPS) is 10.7. The van der Waals surface area contributed by atoms with Gasteiger partial charge in [0.25, 0.3) is 0 Å². The minimum absolute atomic E-state index is 0.293. The van der Waals surface area contributed by atoms with Crippen LogP contribution in [0.4, 0.5) is 0 Å². The molecule has 6 heteroatoms. The minimum Gasteiger partial charge on any atom is -0.461 e. The van der Waals surface area contributed by atoms with Crippen molar-refractivity contribution in [2.24, 2.45) is 0 Å². The molecule has 1 aromatic carbocycles. The highest BCUT2D eigenvalue weighted by Crippen LogP contribution is 2.32. The molecule has 1 heterocycles. The molecule has 1 aromatic heterocycles. The molecule has 3 nitrogen and oxygen atoms in total. The third kappa shape index (κ3) is 2.14. The van der Waals surface area contributed by atoms with Crippen LogP contribution in [0.1, 0.15) is 16.7 Å². The number of benzene rings is 1. The third-order valence-corrected chi connectivity index (χ3v) is 3.57. The molecule has 0 bridgehead atoms. The van der Waals surface area contributed by atoms with Gasteiger partial charge in [0.05, 0.1) is 21.8 Å². The fourth-order valence-corrected chi connectivity index (χ4v) is 2.68. The van der Waals surface area contributed by atoms with Gasteiger partial charge in [0.1, 0.15) is 0 Å². The smallest absolute Gasteiger partial charge is 0.367 e. The number of rotatable bonds is 2. The molecule has 0 spiro atoms. The highest BCUT2D eigenvalue weighted by atomic mass is 35.5. The van der Waals surface area contributed by atoms with Gasteiger partial charge in [-0.3, -0.25) is 0 Å². The first kappa shape index (κ1) is 11.6. The number of carbonyl (C=O) groups is 1. The number of thiazole rings is 1. The molecule has 0 aliphatic rings. The number of hydrogen-bond acceptors (Lipinski definition) is 4. The molecule has 0 saturated heterocycles. The lowest BCUT2D eigenvalue weighted by atomic mass is 10.3. The summed E-state index contributed by atoms with van der Waals surface area (Å²) in [6.07, 6.45) is 0. The molecule has 2 rings (SSSR count). The Morgan fingerprint density at radius 3 is 2.94 bits per heavy atom. The van der Waals surface area contributed by atoms with E-state index in [0.717, 1.165) is 4.70 Å². The van der Waals surface area contributed by atoms with Crippen molar-refractivity contribution in [3.8, 4) is 0 Å². The Morgan fingerprint density at radius 2 is 2.25 bits per heavy atom. The Bertz CT molecular complexity index is 553. The van der Waals surface area contributed by atoms with Crippen molar-refractivity contribution >= 4 is 50.7 Å². The zero-order chi connectivity index (χ0) is 11.7. The summed E-state index contributed by atoms with van der Waals surface area (Å²) in [6, 6.07) is 3.29. The monoisotopic (exact) mass is 275 g/mol. The molecular weight excluding hydrogens is 269 g/mol. The molecular formula is C10H7Cl2NO2S. The van der Waals surface area contributed by atoms with E-state index in [2.05, 4.69) is 4.98 Å². The van der Waals surface area contributed by atoms with E-state index in [9.17, 15) is 4.79 Å². The van der Waals surface area contributed by atoms with E-state index in [1.165, 1.54) is 11.3 Å². The Labute approximate surface area is 106 Å². The van der Waals surface area contributed by atoms with Crippen LogP contribution in [-0.4, -0.2) is 17.6 Å². The van der Waals surface area contributed by atoms with Crippen LogP contribution in [0.25, 0.3) is 10.2 Å². The van der Waals surface area contributed by atoms with E-state index < -0.39 is 5.97 Å². The maximum atomic E-state index is 11.5. The Morgan fingerprint density at radius 1 is 1.50 bits per heavy atom. The first-order chi connectivity index (χ1) is 7.61. The average molecular weight is 276 g/mol. The molecule has 84 valence electrons. The van der Waals surface area contributed by atoms with Crippen molar-refractivity contribution in [1.82, 2.24) is 4.98 Å². The number of halogens is 2. The molecule has 0 fully saturated rings. The number of carbonyl (C=O) groups excluding carboxylic acids is 1. The lowest BCUT2D eigenvalue weighted by molar-refractivity contribution is 0.0526. The van der Waals surface area contributed by atoms with Crippen LogP contribution in [0, 0.1) is 0 Å². The third-order valence-electron chi connectivity index (χ3n) is 1.86. The number of ether oxygens (including phenoxy) is 1.